The Balaban J connectivity index is 1.67. The van der Waals surface area contributed by atoms with Crippen molar-refractivity contribution >= 4 is 35.0 Å². The molecule has 0 saturated carbocycles. The van der Waals surface area contributed by atoms with Crippen LogP contribution in [0.2, 0.25) is 5.02 Å². The number of aliphatic hydroxyl groups excluding tert-OH is 1. The van der Waals surface area contributed by atoms with Gasteiger partial charge in [0.15, 0.2) is 5.16 Å². The monoisotopic (exact) mass is 387 g/mol. The number of halogens is 1. The number of para-hydroxylation sites is 1. The number of amides is 1. The van der Waals surface area contributed by atoms with Crippen LogP contribution < -0.4 is 5.32 Å². The Labute approximate surface area is 161 Å². The van der Waals surface area contributed by atoms with Crippen molar-refractivity contribution < 1.29 is 9.90 Å². The van der Waals surface area contributed by atoms with E-state index in [1.807, 2.05) is 59.2 Å². The fourth-order valence-corrected chi connectivity index (χ4v) is 3.35. The molecule has 26 heavy (non-hydrogen) atoms. The average Bonchev–Trinajstić information content (AvgIpc) is 3.04. The summed E-state index contributed by atoms with van der Waals surface area (Å²) < 4.78 is 1.91. The molecule has 7 heteroatoms. The van der Waals surface area contributed by atoms with Gasteiger partial charge >= 0.3 is 0 Å². The highest BCUT2D eigenvalue weighted by molar-refractivity contribution is 7.99. The highest BCUT2D eigenvalue weighted by Gasteiger charge is 2.13. The molecule has 0 fully saturated rings. The second kappa shape index (κ2) is 8.89. The fraction of sp³-hybridized carbons (Fsp3) is 0.158. The summed E-state index contributed by atoms with van der Waals surface area (Å²) in [6, 6.07) is 16.8. The molecule has 0 bridgehead atoms. The van der Waals surface area contributed by atoms with Crippen molar-refractivity contribution in [1.29, 1.82) is 0 Å². The molecule has 0 atom stereocenters. The number of carbonyl (C=O) groups excluding carboxylic acids is 1. The molecule has 2 aromatic carbocycles. The number of imidazole rings is 1. The van der Waals surface area contributed by atoms with Crippen LogP contribution in [0.4, 0.5) is 5.69 Å². The lowest BCUT2D eigenvalue weighted by Crippen LogP contribution is -2.15. The van der Waals surface area contributed by atoms with Gasteiger partial charge in [-0.2, -0.15) is 0 Å². The van der Waals surface area contributed by atoms with Crippen LogP contribution in [0.15, 0.2) is 66.0 Å². The van der Waals surface area contributed by atoms with Gasteiger partial charge in [0.1, 0.15) is 0 Å². The van der Waals surface area contributed by atoms with E-state index in [4.69, 9.17) is 11.6 Å². The number of thioether (sulfide) groups is 1. The number of rotatable bonds is 7. The number of aromatic nitrogens is 2. The van der Waals surface area contributed by atoms with E-state index in [1.165, 1.54) is 11.8 Å². The van der Waals surface area contributed by atoms with Crippen molar-refractivity contribution in [2.24, 2.45) is 0 Å². The van der Waals surface area contributed by atoms with Gasteiger partial charge in [-0.15, -0.1) is 0 Å². The van der Waals surface area contributed by atoms with Crippen LogP contribution in [0.5, 0.6) is 0 Å². The normalized spacial score (nSPS) is 10.7. The van der Waals surface area contributed by atoms with Crippen LogP contribution in [-0.2, 0) is 17.9 Å². The first-order valence-corrected chi connectivity index (χ1v) is 9.39. The molecule has 134 valence electrons. The third-order valence-corrected chi connectivity index (χ3v) is 4.95. The summed E-state index contributed by atoms with van der Waals surface area (Å²) in [6.07, 6.45) is 1.63. The van der Waals surface area contributed by atoms with Crippen molar-refractivity contribution in [3.8, 4) is 0 Å². The number of benzene rings is 2. The summed E-state index contributed by atoms with van der Waals surface area (Å²) in [5.41, 5.74) is 2.50. The molecular weight excluding hydrogens is 370 g/mol. The number of anilines is 1. The average molecular weight is 388 g/mol. The standard InChI is InChI=1S/C19H18ClN3O2S/c20-15-8-6-14(7-9-15)11-23-17(12-24)10-21-19(23)26-13-18(25)22-16-4-2-1-3-5-16/h1-10,24H,11-13H2,(H,22,25). The maximum atomic E-state index is 12.1. The van der Waals surface area contributed by atoms with E-state index in [0.717, 1.165) is 11.3 Å². The molecule has 3 rings (SSSR count). The number of aliphatic hydroxyl groups is 1. The molecular formula is C19H18ClN3O2S. The molecule has 0 aliphatic rings. The lowest BCUT2D eigenvalue weighted by molar-refractivity contribution is -0.113. The Morgan fingerprint density at radius 3 is 2.58 bits per heavy atom. The Bertz CT molecular complexity index is 866. The lowest BCUT2D eigenvalue weighted by atomic mass is 10.2. The quantitative estimate of drug-likeness (QED) is 0.605. The summed E-state index contributed by atoms with van der Waals surface area (Å²) in [4.78, 5) is 16.5. The number of carbonyl (C=O) groups is 1. The van der Waals surface area contributed by atoms with Gasteiger partial charge in [-0.05, 0) is 29.8 Å². The van der Waals surface area contributed by atoms with Gasteiger partial charge in [0.05, 0.1) is 24.3 Å². The molecule has 0 saturated heterocycles. The Hall–Kier alpha value is -2.28. The number of nitrogens with zero attached hydrogens (tertiary/aromatic N) is 2. The molecule has 0 radical (unpaired) electrons. The van der Waals surface area contributed by atoms with E-state index in [1.54, 1.807) is 6.20 Å². The van der Waals surface area contributed by atoms with Crippen LogP contribution in [0.25, 0.3) is 0 Å². The SMILES string of the molecule is O=C(CSc1ncc(CO)n1Cc1ccc(Cl)cc1)Nc1ccccc1. The minimum absolute atomic E-state index is 0.104. The zero-order valence-electron chi connectivity index (χ0n) is 13.9. The largest absolute Gasteiger partial charge is 0.390 e. The third-order valence-electron chi connectivity index (χ3n) is 3.71. The van der Waals surface area contributed by atoms with E-state index in [2.05, 4.69) is 10.3 Å². The summed E-state index contributed by atoms with van der Waals surface area (Å²) in [5, 5.41) is 13.8. The molecule has 1 heterocycles. The number of hydrogen-bond acceptors (Lipinski definition) is 4. The molecule has 0 spiro atoms. The van der Waals surface area contributed by atoms with Gasteiger partial charge in [-0.1, -0.05) is 53.7 Å². The molecule has 1 amide bonds. The van der Waals surface area contributed by atoms with Crippen molar-refractivity contribution in [1.82, 2.24) is 9.55 Å². The van der Waals surface area contributed by atoms with E-state index < -0.39 is 0 Å². The van der Waals surface area contributed by atoms with Crippen molar-refractivity contribution in [3.05, 3.63) is 77.1 Å². The van der Waals surface area contributed by atoms with Crippen LogP contribution in [-0.4, -0.2) is 26.3 Å². The van der Waals surface area contributed by atoms with Gasteiger partial charge in [0.25, 0.3) is 0 Å². The second-order valence-electron chi connectivity index (χ2n) is 5.61. The van der Waals surface area contributed by atoms with Gasteiger partial charge in [0.2, 0.25) is 5.91 Å². The van der Waals surface area contributed by atoms with Crippen molar-refractivity contribution in [3.63, 3.8) is 0 Å². The lowest BCUT2D eigenvalue weighted by Gasteiger charge is -2.11. The first kappa shape index (κ1) is 18.5. The predicted molar refractivity (Wildman–Crippen MR) is 104 cm³/mol. The fourth-order valence-electron chi connectivity index (χ4n) is 2.42. The summed E-state index contributed by atoms with van der Waals surface area (Å²) in [7, 11) is 0. The second-order valence-corrected chi connectivity index (χ2v) is 6.98. The molecule has 1 aromatic heterocycles. The van der Waals surface area contributed by atoms with Crippen LogP contribution in [0.1, 0.15) is 11.3 Å². The molecule has 2 N–H and O–H groups in total. The van der Waals surface area contributed by atoms with Crippen LogP contribution in [0.3, 0.4) is 0 Å². The van der Waals surface area contributed by atoms with E-state index in [9.17, 15) is 9.90 Å². The molecule has 0 unspecified atom stereocenters. The zero-order chi connectivity index (χ0) is 18.4. The summed E-state index contributed by atoms with van der Waals surface area (Å²) in [6.45, 7) is 0.438. The Kier molecular flexibility index (Phi) is 6.33. The number of nitrogens with one attached hydrogen (secondary N) is 1. The molecule has 3 aromatic rings. The molecule has 0 aliphatic heterocycles. The van der Waals surface area contributed by atoms with Gasteiger partial charge < -0.3 is 15.0 Å². The highest BCUT2D eigenvalue weighted by atomic mass is 35.5. The zero-order valence-corrected chi connectivity index (χ0v) is 15.5. The van der Waals surface area contributed by atoms with E-state index in [-0.39, 0.29) is 18.3 Å². The van der Waals surface area contributed by atoms with Crippen molar-refractivity contribution in [2.75, 3.05) is 11.1 Å². The van der Waals surface area contributed by atoms with Gasteiger partial charge in [0, 0.05) is 17.3 Å². The highest BCUT2D eigenvalue weighted by Crippen LogP contribution is 2.21. The van der Waals surface area contributed by atoms with E-state index >= 15 is 0 Å². The third kappa shape index (κ3) is 4.88. The smallest absolute Gasteiger partial charge is 0.234 e. The van der Waals surface area contributed by atoms with E-state index in [0.29, 0.717) is 22.4 Å². The maximum Gasteiger partial charge on any atom is 0.234 e. The predicted octanol–water partition coefficient (Wildman–Crippen LogP) is 3.81. The summed E-state index contributed by atoms with van der Waals surface area (Å²) >= 11 is 7.26. The summed E-state index contributed by atoms with van der Waals surface area (Å²) in [5.74, 6) is 0.130. The Morgan fingerprint density at radius 1 is 1.15 bits per heavy atom. The minimum Gasteiger partial charge on any atom is -0.390 e. The Morgan fingerprint density at radius 2 is 1.88 bits per heavy atom. The topological polar surface area (TPSA) is 67.1 Å². The maximum absolute atomic E-state index is 12.1. The van der Waals surface area contributed by atoms with Crippen molar-refractivity contribution in [2.45, 2.75) is 18.3 Å². The first-order chi connectivity index (χ1) is 12.7. The van der Waals surface area contributed by atoms with Gasteiger partial charge in [-0.25, -0.2) is 4.98 Å². The number of hydrogen-bond donors (Lipinski definition) is 2. The minimum atomic E-state index is -0.114. The van der Waals surface area contributed by atoms with Crippen LogP contribution >= 0.6 is 23.4 Å². The first-order valence-electron chi connectivity index (χ1n) is 8.03. The van der Waals surface area contributed by atoms with Gasteiger partial charge in [-0.3, -0.25) is 4.79 Å². The molecule has 0 aliphatic carbocycles. The molecule has 5 nitrogen and oxygen atoms in total. The van der Waals surface area contributed by atoms with Crippen LogP contribution in [0, 0.1) is 0 Å².